The lowest BCUT2D eigenvalue weighted by Gasteiger charge is -2.09. The molecule has 0 bridgehead atoms. The van der Waals surface area contributed by atoms with E-state index in [1.165, 1.54) is 0 Å². The third-order valence-corrected chi connectivity index (χ3v) is 1.96. The van der Waals surface area contributed by atoms with Gasteiger partial charge in [-0.15, -0.1) is 0 Å². The molecule has 0 saturated heterocycles. The van der Waals surface area contributed by atoms with Gasteiger partial charge in [0.1, 0.15) is 10.9 Å². The van der Waals surface area contributed by atoms with Crippen molar-refractivity contribution in [3.8, 4) is 5.75 Å². The average Bonchev–Trinajstić information content (AvgIpc) is 2.25. The topological polar surface area (TPSA) is 34.6 Å². The number of rotatable bonds is 5. The zero-order valence-corrected chi connectivity index (χ0v) is 10.4. The van der Waals surface area contributed by atoms with Gasteiger partial charge in [-0.25, -0.2) is 4.98 Å². The van der Waals surface area contributed by atoms with Crippen LogP contribution in [0.15, 0.2) is 18.5 Å². The van der Waals surface area contributed by atoms with E-state index in [0.29, 0.717) is 10.9 Å². The first-order valence-electron chi connectivity index (χ1n) is 4.75. The van der Waals surface area contributed by atoms with E-state index in [1.807, 2.05) is 31.3 Å². The van der Waals surface area contributed by atoms with Crippen molar-refractivity contribution >= 4 is 17.7 Å². The first-order valence-corrected chi connectivity index (χ1v) is 5.13. The number of hydrogen-bond acceptors (Lipinski definition) is 4. The SMILES string of the molecule is COCOc1cnc(Cl)cc1/C=C\N(C)C. The van der Waals surface area contributed by atoms with Gasteiger partial charge in [-0.2, -0.15) is 0 Å². The zero-order chi connectivity index (χ0) is 12.0. The average molecular weight is 243 g/mol. The third kappa shape index (κ3) is 4.08. The fourth-order valence-electron chi connectivity index (χ4n) is 1.03. The van der Waals surface area contributed by atoms with Gasteiger partial charge in [0, 0.05) is 26.8 Å². The number of ether oxygens (including phenoxy) is 2. The summed E-state index contributed by atoms with van der Waals surface area (Å²) in [5.41, 5.74) is 0.866. The summed E-state index contributed by atoms with van der Waals surface area (Å²) in [5, 5.41) is 0.433. The molecule has 0 atom stereocenters. The van der Waals surface area contributed by atoms with Gasteiger partial charge in [-0.1, -0.05) is 11.6 Å². The van der Waals surface area contributed by atoms with Gasteiger partial charge >= 0.3 is 0 Å². The molecule has 0 aliphatic carbocycles. The van der Waals surface area contributed by atoms with Gasteiger partial charge in [0.05, 0.1) is 6.20 Å². The molecule has 0 aromatic carbocycles. The van der Waals surface area contributed by atoms with Crippen molar-refractivity contribution in [3.63, 3.8) is 0 Å². The van der Waals surface area contributed by atoms with Crippen LogP contribution in [0.5, 0.6) is 5.75 Å². The number of hydrogen-bond donors (Lipinski definition) is 0. The molecule has 0 N–H and O–H groups in total. The van der Waals surface area contributed by atoms with Crippen LogP contribution in [0.25, 0.3) is 6.08 Å². The van der Waals surface area contributed by atoms with Gasteiger partial charge < -0.3 is 14.4 Å². The summed E-state index contributed by atoms with van der Waals surface area (Å²) < 4.78 is 10.2. The number of aromatic nitrogens is 1. The van der Waals surface area contributed by atoms with E-state index in [9.17, 15) is 0 Å². The smallest absolute Gasteiger partial charge is 0.188 e. The largest absolute Gasteiger partial charge is 0.465 e. The number of halogens is 1. The van der Waals surface area contributed by atoms with Crippen LogP contribution in [0.3, 0.4) is 0 Å². The zero-order valence-electron chi connectivity index (χ0n) is 9.61. The van der Waals surface area contributed by atoms with Crippen LogP contribution in [-0.2, 0) is 4.74 Å². The first-order chi connectivity index (χ1) is 7.63. The summed E-state index contributed by atoms with van der Waals surface area (Å²) in [7, 11) is 5.45. The molecule has 0 amide bonds. The summed E-state index contributed by atoms with van der Waals surface area (Å²) in [5.74, 6) is 0.643. The van der Waals surface area contributed by atoms with Crippen molar-refractivity contribution in [2.45, 2.75) is 0 Å². The maximum atomic E-state index is 5.82. The lowest BCUT2D eigenvalue weighted by molar-refractivity contribution is 0.0507. The second-order valence-electron chi connectivity index (χ2n) is 3.38. The van der Waals surface area contributed by atoms with Gasteiger partial charge in [0.25, 0.3) is 0 Å². The monoisotopic (exact) mass is 242 g/mol. The van der Waals surface area contributed by atoms with Gasteiger partial charge in [0.2, 0.25) is 0 Å². The Bertz CT molecular complexity index is 367. The lowest BCUT2D eigenvalue weighted by Crippen LogP contribution is -2.02. The van der Waals surface area contributed by atoms with E-state index in [0.717, 1.165) is 5.56 Å². The molecule has 5 heteroatoms. The van der Waals surface area contributed by atoms with Crippen molar-refractivity contribution < 1.29 is 9.47 Å². The highest BCUT2D eigenvalue weighted by atomic mass is 35.5. The van der Waals surface area contributed by atoms with Crippen LogP contribution >= 0.6 is 11.6 Å². The fourth-order valence-corrected chi connectivity index (χ4v) is 1.20. The molecule has 1 heterocycles. The van der Waals surface area contributed by atoms with Crippen molar-refractivity contribution in [3.05, 3.63) is 29.2 Å². The van der Waals surface area contributed by atoms with E-state index in [1.54, 1.807) is 19.4 Å². The second-order valence-corrected chi connectivity index (χ2v) is 3.76. The van der Waals surface area contributed by atoms with Crippen LogP contribution in [0.1, 0.15) is 5.56 Å². The highest BCUT2D eigenvalue weighted by Crippen LogP contribution is 2.22. The quantitative estimate of drug-likeness (QED) is 0.586. The summed E-state index contributed by atoms with van der Waals surface area (Å²) >= 11 is 5.82. The van der Waals surface area contributed by atoms with Gasteiger partial charge in [-0.05, 0) is 18.3 Å². The molecule has 1 aromatic heterocycles. The predicted octanol–water partition coefficient (Wildman–Crippen LogP) is 2.25. The lowest BCUT2D eigenvalue weighted by atomic mass is 10.2. The van der Waals surface area contributed by atoms with Gasteiger partial charge in [-0.3, -0.25) is 0 Å². The summed E-state index contributed by atoms with van der Waals surface area (Å²) in [6, 6.07) is 1.74. The van der Waals surface area contributed by atoms with Crippen LogP contribution in [0.2, 0.25) is 5.15 Å². The Morgan fingerprint density at radius 3 is 2.88 bits per heavy atom. The van der Waals surface area contributed by atoms with Crippen LogP contribution < -0.4 is 4.74 Å². The Hall–Kier alpha value is -1.26. The summed E-state index contributed by atoms with van der Waals surface area (Å²) in [6.07, 6.45) is 5.39. The van der Waals surface area contributed by atoms with Crippen LogP contribution in [0, 0.1) is 0 Å². The number of pyridine rings is 1. The molecule has 0 unspecified atom stereocenters. The maximum absolute atomic E-state index is 5.82. The normalized spacial score (nSPS) is 10.8. The fraction of sp³-hybridized carbons (Fsp3) is 0.364. The van der Waals surface area contributed by atoms with Crippen molar-refractivity contribution in [1.29, 1.82) is 0 Å². The third-order valence-electron chi connectivity index (χ3n) is 1.75. The molecule has 0 aliphatic heterocycles. The molecule has 0 fully saturated rings. The standard InChI is InChI=1S/C11H15ClN2O2/c1-14(2)5-4-9-6-11(12)13-7-10(9)16-8-15-3/h4-7H,8H2,1-3H3/b5-4-. The molecular formula is C11H15ClN2O2. The molecule has 1 aromatic rings. The van der Waals surface area contributed by atoms with E-state index < -0.39 is 0 Å². The second kappa shape index (κ2) is 6.35. The summed E-state index contributed by atoms with van der Waals surface area (Å²) in [6.45, 7) is 0.187. The Morgan fingerprint density at radius 1 is 1.50 bits per heavy atom. The molecular weight excluding hydrogens is 228 g/mol. The van der Waals surface area contributed by atoms with Gasteiger partial charge in [0.15, 0.2) is 6.79 Å². The molecule has 4 nitrogen and oxygen atoms in total. The Labute approximate surface area is 100 Å². The van der Waals surface area contributed by atoms with Crippen molar-refractivity contribution in [2.24, 2.45) is 0 Å². The molecule has 88 valence electrons. The van der Waals surface area contributed by atoms with E-state index in [-0.39, 0.29) is 6.79 Å². The minimum atomic E-state index is 0.187. The van der Waals surface area contributed by atoms with Crippen molar-refractivity contribution in [2.75, 3.05) is 28.0 Å². The maximum Gasteiger partial charge on any atom is 0.188 e. The minimum Gasteiger partial charge on any atom is -0.465 e. The molecule has 0 spiro atoms. The minimum absolute atomic E-state index is 0.187. The van der Waals surface area contributed by atoms with Crippen LogP contribution in [-0.4, -0.2) is 37.9 Å². The summed E-state index contributed by atoms with van der Waals surface area (Å²) in [4.78, 5) is 5.88. The molecule has 1 rings (SSSR count). The Balaban J connectivity index is 2.89. The first kappa shape index (κ1) is 12.8. The van der Waals surface area contributed by atoms with Crippen molar-refractivity contribution in [1.82, 2.24) is 9.88 Å². The molecule has 0 saturated carbocycles. The van der Waals surface area contributed by atoms with E-state index in [4.69, 9.17) is 21.1 Å². The molecule has 0 radical (unpaired) electrons. The highest BCUT2D eigenvalue weighted by Gasteiger charge is 2.02. The van der Waals surface area contributed by atoms with E-state index >= 15 is 0 Å². The van der Waals surface area contributed by atoms with Crippen LogP contribution in [0.4, 0.5) is 0 Å². The number of methoxy groups -OCH3 is 1. The molecule has 0 aliphatic rings. The molecule has 16 heavy (non-hydrogen) atoms. The van der Waals surface area contributed by atoms with E-state index in [2.05, 4.69) is 4.98 Å². The number of nitrogens with zero attached hydrogens (tertiary/aromatic N) is 2. The Kier molecular flexibility index (Phi) is 5.08. The predicted molar refractivity (Wildman–Crippen MR) is 64.5 cm³/mol. The Morgan fingerprint density at radius 2 is 2.25 bits per heavy atom. The highest BCUT2D eigenvalue weighted by molar-refractivity contribution is 6.29.